The molecule has 0 aromatic carbocycles. The highest BCUT2D eigenvalue weighted by Crippen LogP contribution is 1.96. The summed E-state index contributed by atoms with van der Waals surface area (Å²) in [5.41, 5.74) is 7.93. The van der Waals surface area contributed by atoms with E-state index in [1.807, 2.05) is 6.08 Å². The average molecular weight is 248 g/mol. The van der Waals surface area contributed by atoms with Gasteiger partial charge in [0.05, 0.1) is 7.11 Å². The third-order valence-electron chi connectivity index (χ3n) is 2.05. The number of carbonyl (C=O) groups excluding carboxylic acids is 2. The van der Waals surface area contributed by atoms with Crippen molar-refractivity contribution in [3.8, 4) is 11.8 Å². The van der Waals surface area contributed by atoms with Gasteiger partial charge in [0.15, 0.2) is 0 Å². The molecule has 0 bridgehead atoms. The Morgan fingerprint density at radius 1 is 1.39 bits per heavy atom. The highest BCUT2D eigenvalue weighted by Gasteiger charge is 2.29. The van der Waals surface area contributed by atoms with Crippen LogP contribution in [-0.4, -0.2) is 29.4 Å². The number of hydrogen-bond acceptors (Lipinski definition) is 3. The number of hydrogen-bond donors (Lipinski definition) is 0. The molecule has 0 aromatic rings. The van der Waals surface area contributed by atoms with Crippen LogP contribution in [0.4, 0.5) is 0 Å². The van der Waals surface area contributed by atoms with Gasteiger partial charge in [0.1, 0.15) is 0 Å². The third-order valence-corrected chi connectivity index (χ3v) is 2.05. The van der Waals surface area contributed by atoms with Crippen molar-refractivity contribution < 1.29 is 19.1 Å². The highest BCUT2D eigenvalue weighted by atomic mass is 16.5. The van der Waals surface area contributed by atoms with E-state index < -0.39 is 17.5 Å². The van der Waals surface area contributed by atoms with Gasteiger partial charge in [0.25, 0.3) is 5.78 Å². The number of ketones is 1. The molecule has 0 N–H and O–H groups in total. The quantitative estimate of drug-likeness (QED) is 0.100. The second kappa shape index (κ2) is 10.0. The average Bonchev–Trinajstić information content (AvgIpc) is 2.38. The summed E-state index contributed by atoms with van der Waals surface area (Å²) < 4.78 is 4.30. The Balaban J connectivity index is 4.07. The number of rotatable bonds is 7. The van der Waals surface area contributed by atoms with E-state index in [0.29, 0.717) is 6.42 Å². The molecule has 0 rings (SSSR count). The van der Waals surface area contributed by atoms with Gasteiger partial charge in [-0.25, -0.2) is 4.79 Å². The second-order valence-corrected chi connectivity index (χ2v) is 3.40. The molecule has 0 saturated heterocycles. The van der Waals surface area contributed by atoms with Crippen molar-refractivity contribution in [1.82, 2.24) is 0 Å². The number of nitrogens with zero attached hydrogens (tertiary/aromatic N) is 2. The van der Waals surface area contributed by atoms with Crippen molar-refractivity contribution in [2.75, 3.05) is 7.11 Å². The Hall–Kier alpha value is -2.18. The largest absolute Gasteiger partial charge is 0.460 e. The molecule has 18 heavy (non-hydrogen) atoms. The topological polar surface area (TPSA) is 79.8 Å². The smallest absolute Gasteiger partial charge is 0.441 e. The molecule has 0 aliphatic heterocycles. The predicted molar refractivity (Wildman–Crippen MR) is 66.7 cm³/mol. The minimum atomic E-state index is -0.943. The number of unbranched alkanes of at least 4 members (excludes halogenated alkanes) is 2. The van der Waals surface area contributed by atoms with Crippen LogP contribution < -0.4 is 0 Å². The molecular formula is C13H16N2O3. The molecule has 0 saturated carbocycles. The maximum atomic E-state index is 11.4. The second-order valence-electron chi connectivity index (χ2n) is 3.40. The molecular weight excluding hydrogens is 232 g/mol. The van der Waals surface area contributed by atoms with Crippen LogP contribution in [0.3, 0.4) is 0 Å². The molecule has 0 aromatic heterocycles. The lowest BCUT2D eigenvalue weighted by Crippen LogP contribution is -2.26. The Labute approximate surface area is 106 Å². The number of methoxy groups -OCH3 is 1. The first-order valence-electron chi connectivity index (χ1n) is 5.57. The molecule has 0 aliphatic carbocycles. The molecule has 0 fully saturated rings. The zero-order chi connectivity index (χ0) is 13.8. The summed E-state index contributed by atoms with van der Waals surface area (Å²) in [6, 6.07) is 0. The fourth-order valence-electron chi connectivity index (χ4n) is 1.11. The number of ether oxygens (including phenoxy) is 1. The molecule has 0 amide bonds. The standard InChI is InChI=1S/C13H16N2O3/c1-3-4-5-6-7-8-9-10-11(16)12(15-14)13(17)18-2/h3H,1,4-6,9-10H2,2H3. The van der Waals surface area contributed by atoms with Gasteiger partial charge in [-0.15, -0.1) is 18.4 Å². The first-order chi connectivity index (χ1) is 8.67. The Bertz CT molecular complexity index is 423. The van der Waals surface area contributed by atoms with E-state index in [0.717, 1.165) is 26.4 Å². The lowest BCUT2D eigenvalue weighted by atomic mass is 10.1. The van der Waals surface area contributed by atoms with E-state index in [1.54, 1.807) is 0 Å². The Morgan fingerprint density at radius 3 is 2.61 bits per heavy atom. The van der Waals surface area contributed by atoms with Crippen molar-refractivity contribution in [3.05, 3.63) is 18.2 Å². The molecule has 5 heteroatoms. The Morgan fingerprint density at radius 2 is 2.06 bits per heavy atom. The van der Waals surface area contributed by atoms with Crippen molar-refractivity contribution >= 4 is 17.5 Å². The fraction of sp³-hybridized carbons (Fsp3) is 0.462. The van der Waals surface area contributed by atoms with Gasteiger partial charge in [0.2, 0.25) is 0 Å². The normalized spacial score (nSPS) is 8.50. The van der Waals surface area contributed by atoms with E-state index in [2.05, 4.69) is 27.9 Å². The van der Waals surface area contributed by atoms with Crippen LogP contribution in [0.1, 0.15) is 32.1 Å². The summed E-state index contributed by atoms with van der Waals surface area (Å²) in [4.78, 5) is 25.1. The number of esters is 1. The summed E-state index contributed by atoms with van der Waals surface area (Å²) in [6.45, 7) is 3.60. The van der Waals surface area contributed by atoms with Crippen LogP contribution in [0.5, 0.6) is 0 Å². The number of Topliss-reactive ketones (excluding diaryl/α,β-unsaturated/α-hetero) is 1. The zero-order valence-corrected chi connectivity index (χ0v) is 10.4. The van der Waals surface area contributed by atoms with Crippen LogP contribution in [0.15, 0.2) is 12.7 Å². The molecule has 96 valence electrons. The summed E-state index contributed by atoms with van der Waals surface area (Å²) in [6.07, 6.45) is 4.78. The van der Waals surface area contributed by atoms with E-state index in [4.69, 9.17) is 5.53 Å². The highest BCUT2D eigenvalue weighted by molar-refractivity contribution is 6.62. The summed E-state index contributed by atoms with van der Waals surface area (Å²) in [5, 5.41) is 0. The van der Waals surface area contributed by atoms with Crippen LogP contribution in [0, 0.1) is 11.8 Å². The summed E-state index contributed by atoms with van der Waals surface area (Å²) in [5.74, 6) is 4.20. The molecule has 0 spiro atoms. The van der Waals surface area contributed by atoms with Crippen molar-refractivity contribution in [2.24, 2.45) is 0 Å². The van der Waals surface area contributed by atoms with Crippen molar-refractivity contribution in [3.63, 3.8) is 0 Å². The minimum absolute atomic E-state index is 0.0307. The van der Waals surface area contributed by atoms with Crippen molar-refractivity contribution in [1.29, 1.82) is 0 Å². The predicted octanol–water partition coefficient (Wildman–Crippen LogP) is 1.54. The van der Waals surface area contributed by atoms with Gasteiger partial charge in [-0.1, -0.05) is 6.08 Å². The van der Waals surface area contributed by atoms with Gasteiger partial charge in [-0.3, -0.25) is 4.79 Å². The molecule has 0 aliphatic rings. The summed E-state index contributed by atoms with van der Waals surface area (Å²) in [7, 11) is 1.11. The van der Waals surface area contributed by atoms with E-state index in [9.17, 15) is 9.59 Å². The summed E-state index contributed by atoms with van der Waals surface area (Å²) >= 11 is 0. The van der Waals surface area contributed by atoms with E-state index in [-0.39, 0.29) is 6.42 Å². The van der Waals surface area contributed by atoms with Crippen LogP contribution >= 0.6 is 0 Å². The number of allylic oxidation sites excluding steroid dienone is 1. The van der Waals surface area contributed by atoms with Gasteiger partial charge >= 0.3 is 11.7 Å². The first-order valence-corrected chi connectivity index (χ1v) is 5.57. The van der Waals surface area contributed by atoms with Gasteiger partial charge in [-0.2, -0.15) is 4.79 Å². The fourth-order valence-corrected chi connectivity index (χ4v) is 1.11. The molecule has 5 nitrogen and oxygen atoms in total. The SMILES string of the molecule is C=CCCCC#CCCC(=O)C(=[N+]=[N-])C(=O)OC. The van der Waals surface area contributed by atoms with Gasteiger partial charge in [-0.05, 0) is 12.8 Å². The lowest BCUT2D eigenvalue weighted by molar-refractivity contribution is -0.139. The minimum Gasteiger partial charge on any atom is -0.460 e. The molecule has 0 heterocycles. The van der Waals surface area contributed by atoms with Crippen molar-refractivity contribution in [2.45, 2.75) is 32.1 Å². The zero-order valence-electron chi connectivity index (χ0n) is 10.4. The molecule has 0 atom stereocenters. The van der Waals surface area contributed by atoms with Crippen LogP contribution in [0.2, 0.25) is 0 Å². The van der Waals surface area contributed by atoms with Crippen LogP contribution in [-0.2, 0) is 14.3 Å². The lowest BCUT2D eigenvalue weighted by Gasteiger charge is -1.92. The Kier molecular flexibility index (Phi) is 8.79. The molecule has 0 unspecified atom stereocenters. The van der Waals surface area contributed by atoms with Gasteiger partial charge < -0.3 is 10.3 Å². The van der Waals surface area contributed by atoms with Crippen LogP contribution in [0.25, 0.3) is 5.53 Å². The first kappa shape index (κ1) is 15.8. The maximum Gasteiger partial charge on any atom is 0.441 e. The van der Waals surface area contributed by atoms with E-state index >= 15 is 0 Å². The maximum absolute atomic E-state index is 11.4. The van der Waals surface area contributed by atoms with E-state index in [1.165, 1.54) is 0 Å². The number of carbonyl (C=O) groups is 2. The monoisotopic (exact) mass is 248 g/mol. The third kappa shape index (κ3) is 6.41. The molecule has 0 radical (unpaired) electrons. The van der Waals surface area contributed by atoms with Gasteiger partial charge in [0, 0.05) is 19.3 Å².